The van der Waals surface area contributed by atoms with Crippen molar-refractivity contribution in [3.05, 3.63) is 35.6 Å². The van der Waals surface area contributed by atoms with E-state index in [4.69, 9.17) is 14.2 Å². The van der Waals surface area contributed by atoms with Gasteiger partial charge >= 0.3 is 0 Å². The van der Waals surface area contributed by atoms with Crippen molar-refractivity contribution in [2.45, 2.75) is 6.42 Å². The van der Waals surface area contributed by atoms with E-state index in [-0.39, 0.29) is 0 Å². The summed E-state index contributed by atoms with van der Waals surface area (Å²) in [6.45, 7) is 1.33. The maximum Gasteiger partial charge on any atom is 0.122 e. The highest BCUT2D eigenvalue weighted by Gasteiger charge is 2.13. The van der Waals surface area contributed by atoms with Crippen molar-refractivity contribution in [3.8, 4) is 5.75 Å². The van der Waals surface area contributed by atoms with Gasteiger partial charge in [-0.1, -0.05) is 6.07 Å². The molecule has 0 saturated carbocycles. The molecule has 0 aromatic heterocycles. The summed E-state index contributed by atoms with van der Waals surface area (Å²) in [5.41, 5.74) is 3.43. The fraction of sp³-hybridized carbons (Fsp3) is 0.385. The van der Waals surface area contributed by atoms with Gasteiger partial charge in [-0.2, -0.15) is 0 Å². The van der Waals surface area contributed by atoms with Crippen LogP contribution < -0.4 is 4.74 Å². The third kappa shape index (κ3) is 2.19. The molecular weight excluding hydrogens is 204 g/mol. The van der Waals surface area contributed by atoms with Crippen molar-refractivity contribution in [2.24, 2.45) is 0 Å². The van der Waals surface area contributed by atoms with Gasteiger partial charge in [-0.05, 0) is 23.3 Å². The van der Waals surface area contributed by atoms with Crippen LogP contribution in [-0.2, 0) is 15.9 Å². The second kappa shape index (κ2) is 5.03. The Morgan fingerprint density at radius 1 is 1.44 bits per heavy atom. The minimum absolute atomic E-state index is 0.549. The molecule has 0 N–H and O–H groups in total. The zero-order chi connectivity index (χ0) is 11.4. The van der Waals surface area contributed by atoms with E-state index in [1.165, 1.54) is 5.56 Å². The SMILES string of the molecule is COC=C(COC)c1ccc2c(c1)CCO2. The maximum absolute atomic E-state index is 5.47. The predicted octanol–water partition coefficient (Wildman–Crippen LogP) is 2.26. The predicted molar refractivity (Wildman–Crippen MR) is 62.5 cm³/mol. The Kier molecular flexibility index (Phi) is 3.47. The molecule has 16 heavy (non-hydrogen) atoms. The monoisotopic (exact) mass is 220 g/mol. The lowest BCUT2D eigenvalue weighted by molar-refractivity contribution is 0.236. The van der Waals surface area contributed by atoms with Crippen LogP contribution in [0.25, 0.3) is 5.57 Å². The molecule has 3 nitrogen and oxygen atoms in total. The molecule has 1 aliphatic rings. The summed E-state index contributed by atoms with van der Waals surface area (Å²) < 4.78 is 15.7. The average Bonchev–Trinajstić information content (AvgIpc) is 2.75. The van der Waals surface area contributed by atoms with Crippen molar-refractivity contribution < 1.29 is 14.2 Å². The molecule has 1 aromatic rings. The lowest BCUT2D eigenvalue weighted by Crippen LogP contribution is -1.95. The van der Waals surface area contributed by atoms with Crippen molar-refractivity contribution in [2.75, 3.05) is 27.4 Å². The molecule has 0 unspecified atom stereocenters. The van der Waals surface area contributed by atoms with Crippen LogP contribution in [0, 0.1) is 0 Å². The van der Waals surface area contributed by atoms with Gasteiger partial charge in [0.25, 0.3) is 0 Å². The second-order valence-electron chi connectivity index (χ2n) is 3.73. The first-order valence-corrected chi connectivity index (χ1v) is 5.32. The van der Waals surface area contributed by atoms with E-state index in [0.717, 1.165) is 29.9 Å². The van der Waals surface area contributed by atoms with Gasteiger partial charge < -0.3 is 14.2 Å². The van der Waals surface area contributed by atoms with Gasteiger partial charge in [-0.25, -0.2) is 0 Å². The quantitative estimate of drug-likeness (QED) is 0.728. The molecule has 0 bridgehead atoms. The number of rotatable bonds is 4. The van der Waals surface area contributed by atoms with E-state index >= 15 is 0 Å². The topological polar surface area (TPSA) is 27.7 Å². The number of ether oxygens (including phenoxy) is 3. The van der Waals surface area contributed by atoms with Crippen LogP contribution in [0.5, 0.6) is 5.75 Å². The zero-order valence-corrected chi connectivity index (χ0v) is 9.66. The molecule has 0 fully saturated rings. The molecule has 1 aliphatic heterocycles. The average molecular weight is 220 g/mol. The van der Waals surface area contributed by atoms with Crippen LogP contribution in [0.3, 0.4) is 0 Å². The summed E-state index contributed by atoms with van der Waals surface area (Å²) in [4.78, 5) is 0. The fourth-order valence-electron chi connectivity index (χ4n) is 1.87. The van der Waals surface area contributed by atoms with Gasteiger partial charge in [-0.3, -0.25) is 0 Å². The molecule has 0 spiro atoms. The van der Waals surface area contributed by atoms with Gasteiger partial charge in [0.2, 0.25) is 0 Å². The van der Waals surface area contributed by atoms with E-state index < -0.39 is 0 Å². The lowest BCUT2D eigenvalue weighted by atomic mass is 10.0. The summed E-state index contributed by atoms with van der Waals surface area (Å²) in [6.07, 6.45) is 2.71. The summed E-state index contributed by atoms with van der Waals surface area (Å²) in [6, 6.07) is 6.19. The highest BCUT2D eigenvalue weighted by atomic mass is 16.5. The zero-order valence-electron chi connectivity index (χ0n) is 9.66. The third-order valence-corrected chi connectivity index (χ3v) is 2.62. The number of hydrogen-bond acceptors (Lipinski definition) is 3. The normalized spacial score (nSPS) is 14.5. The van der Waals surface area contributed by atoms with E-state index in [0.29, 0.717) is 6.61 Å². The molecule has 2 rings (SSSR count). The minimum atomic E-state index is 0.549. The van der Waals surface area contributed by atoms with Crippen LogP contribution in [-0.4, -0.2) is 27.4 Å². The van der Waals surface area contributed by atoms with Gasteiger partial charge in [0, 0.05) is 19.1 Å². The molecule has 0 aliphatic carbocycles. The Balaban J connectivity index is 2.28. The van der Waals surface area contributed by atoms with E-state index in [1.807, 2.05) is 12.1 Å². The van der Waals surface area contributed by atoms with Crippen molar-refractivity contribution in [1.29, 1.82) is 0 Å². The Morgan fingerprint density at radius 2 is 2.31 bits per heavy atom. The molecule has 0 amide bonds. The van der Waals surface area contributed by atoms with Crippen LogP contribution in [0.15, 0.2) is 24.5 Å². The molecular formula is C13H16O3. The van der Waals surface area contributed by atoms with Crippen LogP contribution in [0.4, 0.5) is 0 Å². The number of hydrogen-bond donors (Lipinski definition) is 0. The molecule has 0 saturated heterocycles. The minimum Gasteiger partial charge on any atom is -0.504 e. The van der Waals surface area contributed by atoms with Crippen molar-refractivity contribution >= 4 is 5.57 Å². The first kappa shape index (κ1) is 11.0. The van der Waals surface area contributed by atoms with Crippen LogP contribution in [0.2, 0.25) is 0 Å². The Hall–Kier alpha value is -1.48. The molecule has 3 heteroatoms. The first-order valence-electron chi connectivity index (χ1n) is 5.32. The van der Waals surface area contributed by atoms with E-state index in [2.05, 4.69) is 6.07 Å². The summed E-state index contributed by atoms with van der Waals surface area (Å²) in [7, 11) is 3.33. The van der Waals surface area contributed by atoms with E-state index in [9.17, 15) is 0 Å². The first-order chi connectivity index (χ1) is 7.85. The fourth-order valence-corrected chi connectivity index (χ4v) is 1.87. The summed E-state index contributed by atoms with van der Waals surface area (Å²) >= 11 is 0. The number of fused-ring (bicyclic) bond motifs is 1. The van der Waals surface area contributed by atoms with Gasteiger partial charge in [0.15, 0.2) is 0 Å². The smallest absolute Gasteiger partial charge is 0.122 e. The maximum atomic E-state index is 5.47. The molecule has 1 heterocycles. The molecule has 86 valence electrons. The Morgan fingerprint density at radius 3 is 3.06 bits per heavy atom. The molecule has 0 radical (unpaired) electrons. The highest BCUT2D eigenvalue weighted by molar-refractivity contribution is 5.67. The standard InChI is InChI=1S/C13H16O3/c1-14-8-12(9-15-2)10-3-4-13-11(7-10)5-6-16-13/h3-4,7-8H,5-6,9H2,1-2H3. The molecule has 1 aromatic carbocycles. The van der Waals surface area contributed by atoms with Gasteiger partial charge in [0.1, 0.15) is 5.75 Å². The van der Waals surface area contributed by atoms with E-state index in [1.54, 1.807) is 20.5 Å². The van der Waals surface area contributed by atoms with Crippen molar-refractivity contribution in [3.63, 3.8) is 0 Å². The third-order valence-electron chi connectivity index (χ3n) is 2.62. The van der Waals surface area contributed by atoms with Crippen LogP contribution >= 0.6 is 0 Å². The number of methoxy groups -OCH3 is 2. The summed E-state index contributed by atoms with van der Waals surface area (Å²) in [5.74, 6) is 0.998. The van der Waals surface area contributed by atoms with Gasteiger partial charge in [0.05, 0.1) is 26.6 Å². The highest BCUT2D eigenvalue weighted by Crippen LogP contribution is 2.28. The van der Waals surface area contributed by atoms with Crippen LogP contribution in [0.1, 0.15) is 11.1 Å². The molecule has 0 atom stereocenters. The summed E-state index contributed by atoms with van der Waals surface area (Å²) in [5, 5.41) is 0. The Bertz CT molecular complexity index is 396. The van der Waals surface area contributed by atoms with Crippen molar-refractivity contribution in [1.82, 2.24) is 0 Å². The van der Waals surface area contributed by atoms with Gasteiger partial charge in [-0.15, -0.1) is 0 Å². The number of benzene rings is 1. The lowest BCUT2D eigenvalue weighted by Gasteiger charge is -2.08. The second-order valence-corrected chi connectivity index (χ2v) is 3.73. The largest absolute Gasteiger partial charge is 0.504 e. The Labute approximate surface area is 95.6 Å².